The zero-order chi connectivity index (χ0) is 24.1. The highest BCUT2D eigenvalue weighted by Crippen LogP contribution is 2.60. The maximum atomic E-state index is 13.6. The summed E-state index contributed by atoms with van der Waals surface area (Å²) in [5.74, 6) is 2.36. The molecule has 0 spiro atoms. The molecule has 1 heterocycles. The van der Waals surface area contributed by atoms with Gasteiger partial charge in [0.2, 0.25) is 15.9 Å². The molecule has 5 fully saturated rings. The van der Waals surface area contributed by atoms with Crippen LogP contribution in [0.1, 0.15) is 62.7 Å². The van der Waals surface area contributed by atoms with Crippen molar-refractivity contribution in [2.24, 2.45) is 23.2 Å². The van der Waals surface area contributed by atoms with Crippen LogP contribution in [0.25, 0.3) is 0 Å². The minimum atomic E-state index is -3.62. The summed E-state index contributed by atoms with van der Waals surface area (Å²) in [5.41, 5.74) is 0.239. The van der Waals surface area contributed by atoms with Crippen LogP contribution in [0.15, 0.2) is 29.2 Å². The minimum absolute atomic E-state index is 0.145. The molecule has 0 atom stereocenters. The van der Waals surface area contributed by atoms with Gasteiger partial charge in [0.25, 0.3) is 5.91 Å². The topological polar surface area (TPSA) is 78.0 Å². The van der Waals surface area contributed by atoms with Crippen LogP contribution < -0.4 is 0 Å². The molecule has 0 radical (unpaired) electrons. The Bertz CT molecular complexity index is 1020. The Labute approximate surface area is 203 Å². The van der Waals surface area contributed by atoms with Crippen molar-refractivity contribution in [3.8, 4) is 0 Å². The molecule has 1 saturated heterocycles. The zero-order valence-electron chi connectivity index (χ0n) is 20.4. The van der Waals surface area contributed by atoms with Gasteiger partial charge in [-0.1, -0.05) is 19.9 Å². The van der Waals surface area contributed by atoms with Gasteiger partial charge in [-0.15, -0.1) is 0 Å². The highest BCUT2D eigenvalue weighted by molar-refractivity contribution is 7.89. The predicted octanol–water partition coefficient (Wildman–Crippen LogP) is 3.22. The first-order chi connectivity index (χ1) is 16.3. The molecule has 7 nitrogen and oxygen atoms in total. The fraction of sp³-hybridized carbons (Fsp3) is 0.692. The standard InChI is InChI=1S/C26H37N3O4S/c1-3-29(4-2)34(32,33)23-7-5-6-22(15-23)24(30)27-8-10-28(11-9-27)25(31)26-16-19-12-20(17-26)14-21(13-19)18-26/h5-7,15,19-21H,3-4,8-14,16-18H2,1-2H3. The number of carbonyl (C=O) groups excluding carboxylic acids is 2. The van der Waals surface area contributed by atoms with Gasteiger partial charge in [-0.05, 0) is 74.5 Å². The Morgan fingerprint density at radius 2 is 1.44 bits per heavy atom. The van der Waals surface area contributed by atoms with E-state index in [1.54, 1.807) is 36.9 Å². The summed E-state index contributed by atoms with van der Waals surface area (Å²) in [5, 5.41) is 0. The monoisotopic (exact) mass is 487 g/mol. The van der Waals surface area contributed by atoms with Crippen LogP contribution in [-0.4, -0.2) is 73.6 Å². The van der Waals surface area contributed by atoms with Gasteiger partial charge in [-0.2, -0.15) is 4.31 Å². The molecule has 2 amide bonds. The van der Waals surface area contributed by atoms with Gasteiger partial charge < -0.3 is 9.80 Å². The van der Waals surface area contributed by atoms with Crippen molar-refractivity contribution in [1.29, 1.82) is 0 Å². The first kappa shape index (κ1) is 23.8. The molecule has 8 heteroatoms. The second-order valence-corrected chi connectivity index (χ2v) is 12.8. The largest absolute Gasteiger partial charge is 0.339 e. The number of nitrogens with zero attached hydrogens (tertiary/aromatic N) is 3. The van der Waals surface area contributed by atoms with E-state index in [0.717, 1.165) is 37.0 Å². The highest BCUT2D eigenvalue weighted by atomic mass is 32.2. The third kappa shape index (κ3) is 4.06. The van der Waals surface area contributed by atoms with Crippen molar-refractivity contribution in [2.75, 3.05) is 39.3 Å². The number of piperazine rings is 1. The van der Waals surface area contributed by atoms with E-state index in [2.05, 4.69) is 0 Å². The second-order valence-electron chi connectivity index (χ2n) is 10.9. The summed E-state index contributed by atoms with van der Waals surface area (Å²) >= 11 is 0. The van der Waals surface area contributed by atoms with E-state index in [-0.39, 0.29) is 16.2 Å². The van der Waals surface area contributed by atoms with E-state index in [1.165, 1.54) is 29.6 Å². The van der Waals surface area contributed by atoms with Gasteiger partial charge in [-0.25, -0.2) is 8.42 Å². The van der Waals surface area contributed by atoms with Gasteiger partial charge in [0.15, 0.2) is 0 Å². The lowest BCUT2D eigenvalue weighted by atomic mass is 9.49. The van der Waals surface area contributed by atoms with E-state index < -0.39 is 10.0 Å². The molecule has 4 bridgehead atoms. The summed E-state index contributed by atoms with van der Waals surface area (Å²) in [6, 6.07) is 6.35. The van der Waals surface area contributed by atoms with Crippen LogP contribution in [0.2, 0.25) is 0 Å². The second kappa shape index (κ2) is 8.94. The number of hydrogen-bond acceptors (Lipinski definition) is 4. The predicted molar refractivity (Wildman–Crippen MR) is 130 cm³/mol. The van der Waals surface area contributed by atoms with Crippen molar-refractivity contribution >= 4 is 21.8 Å². The molecular weight excluding hydrogens is 450 g/mol. The van der Waals surface area contributed by atoms with Gasteiger partial charge in [0.1, 0.15) is 0 Å². The molecule has 0 aromatic heterocycles. The molecule has 0 unspecified atom stereocenters. The van der Waals surface area contributed by atoms with E-state index in [4.69, 9.17) is 0 Å². The molecule has 0 N–H and O–H groups in total. The van der Waals surface area contributed by atoms with Crippen LogP contribution in [0.3, 0.4) is 0 Å². The first-order valence-corrected chi connectivity index (χ1v) is 14.4. The molecule has 1 aliphatic heterocycles. The van der Waals surface area contributed by atoms with Gasteiger partial charge in [-0.3, -0.25) is 9.59 Å². The number of hydrogen-bond donors (Lipinski definition) is 0. The maximum absolute atomic E-state index is 13.6. The SMILES string of the molecule is CCN(CC)S(=O)(=O)c1cccc(C(=O)N2CCN(C(=O)C34CC5CC(CC(C5)C3)C4)CC2)c1. The van der Waals surface area contributed by atoms with Crippen LogP contribution in [-0.2, 0) is 14.8 Å². The molecule has 186 valence electrons. The summed E-state index contributed by atoms with van der Waals surface area (Å²) in [6.07, 6.45) is 7.13. The fourth-order valence-corrected chi connectivity index (χ4v) is 9.01. The molecule has 4 aliphatic carbocycles. The van der Waals surface area contributed by atoms with E-state index in [9.17, 15) is 18.0 Å². The van der Waals surface area contributed by atoms with Crippen molar-refractivity contribution < 1.29 is 18.0 Å². The summed E-state index contributed by atoms with van der Waals surface area (Å²) in [6.45, 7) is 6.48. The van der Waals surface area contributed by atoms with Crippen molar-refractivity contribution in [2.45, 2.75) is 57.3 Å². The lowest BCUT2D eigenvalue weighted by Gasteiger charge is -2.57. The highest BCUT2D eigenvalue weighted by Gasteiger charge is 2.55. The average molecular weight is 488 g/mol. The van der Waals surface area contributed by atoms with E-state index in [0.29, 0.717) is 50.7 Å². The molecular formula is C26H37N3O4S. The Kier molecular flexibility index (Phi) is 6.25. The average Bonchev–Trinajstić information content (AvgIpc) is 2.83. The molecule has 4 saturated carbocycles. The smallest absolute Gasteiger partial charge is 0.254 e. The maximum Gasteiger partial charge on any atom is 0.254 e. The number of benzene rings is 1. The van der Waals surface area contributed by atoms with Gasteiger partial charge >= 0.3 is 0 Å². The number of amides is 2. The third-order valence-corrected chi connectivity index (χ3v) is 10.8. The molecule has 1 aromatic carbocycles. The summed E-state index contributed by atoms with van der Waals surface area (Å²) in [7, 11) is -3.62. The quantitative estimate of drug-likeness (QED) is 0.617. The summed E-state index contributed by atoms with van der Waals surface area (Å²) < 4.78 is 27.2. The number of rotatable bonds is 6. The Morgan fingerprint density at radius 1 is 0.912 bits per heavy atom. The Balaban J connectivity index is 1.24. The zero-order valence-corrected chi connectivity index (χ0v) is 21.2. The Morgan fingerprint density at radius 3 is 1.97 bits per heavy atom. The van der Waals surface area contributed by atoms with Crippen molar-refractivity contribution in [3.05, 3.63) is 29.8 Å². The number of carbonyl (C=O) groups is 2. The van der Waals surface area contributed by atoms with Gasteiger partial charge in [0, 0.05) is 44.8 Å². The molecule has 5 aliphatic rings. The fourth-order valence-electron chi connectivity index (χ4n) is 7.51. The van der Waals surface area contributed by atoms with E-state index in [1.807, 2.05) is 4.90 Å². The minimum Gasteiger partial charge on any atom is -0.339 e. The van der Waals surface area contributed by atoms with Gasteiger partial charge in [0.05, 0.1) is 10.3 Å². The van der Waals surface area contributed by atoms with Crippen LogP contribution in [0.5, 0.6) is 0 Å². The Hall–Kier alpha value is -1.93. The van der Waals surface area contributed by atoms with Crippen LogP contribution >= 0.6 is 0 Å². The summed E-state index contributed by atoms with van der Waals surface area (Å²) in [4.78, 5) is 30.7. The molecule has 6 rings (SSSR count). The number of sulfonamides is 1. The van der Waals surface area contributed by atoms with E-state index >= 15 is 0 Å². The molecule has 1 aromatic rings. The van der Waals surface area contributed by atoms with Crippen LogP contribution in [0, 0.1) is 23.2 Å². The van der Waals surface area contributed by atoms with Crippen molar-refractivity contribution in [1.82, 2.24) is 14.1 Å². The normalized spacial score (nSPS) is 30.7. The van der Waals surface area contributed by atoms with Crippen LogP contribution in [0.4, 0.5) is 0 Å². The first-order valence-electron chi connectivity index (χ1n) is 12.9. The third-order valence-electron chi connectivity index (χ3n) is 8.77. The van der Waals surface area contributed by atoms with Crippen molar-refractivity contribution in [3.63, 3.8) is 0 Å². The lowest BCUT2D eigenvalue weighted by Crippen LogP contribution is -2.58. The lowest BCUT2D eigenvalue weighted by molar-refractivity contribution is -0.159. The molecule has 34 heavy (non-hydrogen) atoms.